The minimum absolute atomic E-state index is 0.184. The smallest absolute Gasteiger partial charge is 0.393 e. The van der Waals surface area contributed by atoms with Crippen molar-refractivity contribution in [3.8, 4) is 0 Å². The van der Waals surface area contributed by atoms with E-state index in [-0.39, 0.29) is 5.56 Å². The summed E-state index contributed by atoms with van der Waals surface area (Å²) >= 11 is 0. The summed E-state index contributed by atoms with van der Waals surface area (Å²) in [6, 6.07) is 4.08. The van der Waals surface area contributed by atoms with Gasteiger partial charge in [0.25, 0.3) is 0 Å². The van der Waals surface area contributed by atoms with Crippen LogP contribution in [0.3, 0.4) is 0 Å². The van der Waals surface area contributed by atoms with Crippen molar-refractivity contribution >= 4 is 0 Å². The van der Waals surface area contributed by atoms with E-state index in [0.717, 1.165) is 6.07 Å². The molecule has 1 aliphatic rings. The normalized spacial score (nSPS) is 25.2. The van der Waals surface area contributed by atoms with Crippen molar-refractivity contribution in [1.29, 1.82) is 0 Å². The van der Waals surface area contributed by atoms with Gasteiger partial charge in [-0.2, -0.15) is 13.2 Å². The number of rotatable bonds is 1. The number of ether oxygens (including phenoxy) is 1. The number of hydrogen-bond donors (Lipinski definition) is 1. The number of halogens is 3. The molecule has 2 rings (SSSR count). The first kappa shape index (κ1) is 13.4. The Labute approximate surface area is 103 Å². The molecule has 1 aliphatic heterocycles. The largest absolute Gasteiger partial charge is 0.416 e. The van der Waals surface area contributed by atoms with Gasteiger partial charge in [0.05, 0.1) is 17.8 Å². The highest BCUT2D eigenvalue weighted by Gasteiger charge is 2.34. The van der Waals surface area contributed by atoms with Crippen molar-refractivity contribution in [1.82, 2.24) is 0 Å². The van der Waals surface area contributed by atoms with Gasteiger partial charge in [-0.1, -0.05) is 12.1 Å². The molecule has 0 aliphatic carbocycles. The molecule has 0 radical (unpaired) electrons. The van der Waals surface area contributed by atoms with Crippen LogP contribution in [0.15, 0.2) is 18.2 Å². The Hall–Kier alpha value is -1.07. The number of alkyl halides is 3. The molecule has 2 atom stereocenters. The molecule has 0 spiro atoms. The summed E-state index contributed by atoms with van der Waals surface area (Å²) in [7, 11) is 0. The molecule has 100 valence electrons. The zero-order valence-corrected chi connectivity index (χ0v) is 10.00. The van der Waals surface area contributed by atoms with Crippen molar-refractivity contribution in [2.75, 3.05) is 6.61 Å². The fraction of sp³-hybridized carbons (Fsp3) is 0.538. The summed E-state index contributed by atoms with van der Waals surface area (Å²) in [6.07, 6.45) is -4.42. The molecule has 1 saturated heterocycles. The molecule has 1 N–H and O–H groups in total. The third-order valence-corrected chi connectivity index (χ3v) is 3.28. The van der Waals surface area contributed by atoms with Gasteiger partial charge in [0.2, 0.25) is 0 Å². The standard InChI is InChI=1S/C13H15F3O2/c1-8-10(12-7-9(17)5-6-18-12)3-2-4-11(8)13(14,15)16/h2-4,9,12,17H,5-7H2,1H3. The van der Waals surface area contributed by atoms with Crippen LogP contribution in [0.1, 0.15) is 35.6 Å². The Bertz CT molecular complexity index is 429. The minimum Gasteiger partial charge on any atom is -0.393 e. The predicted molar refractivity (Wildman–Crippen MR) is 60.1 cm³/mol. The lowest BCUT2D eigenvalue weighted by molar-refractivity contribution is -0.138. The highest BCUT2D eigenvalue weighted by molar-refractivity contribution is 5.37. The molecule has 0 saturated carbocycles. The summed E-state index contributed by atoms with van der Waals surface area (Å²) in [5.74, 6) is 0. The van der Waals surface area contributed by atoms with Crippen molar-refractivity contribution in [2.24, 2.45) is 0 Å². The van der Waals surface area contributed by atoms with Gasteiger partial charge in [0.15, 0.2) is 0 Å². The zero-order chi connectivity index (χ0) is 13.3. The maximum Gasteiger partial charge on any atom is 0.416 e. The molecule has 1 heterocycles. The van der Waals surface area contributed by atoms with Crippen LogP contribution in [0.25, 0.3) is 0 Å². The van der Waals surface area contributed by atoms with Crippen molar-refractivity contribution in [3.05, 3.63) is 34.9 Å². The van der Waals surface area contributed by atoms with E-state index in [0.29, 0.717) is 25.0 Å². The van der Waals surface area contributed by atoms with Gasteiger partial charge >= 0.3 is 6.18 Å². The van der Waals surface area contributed by atoms with E-state index in [1.165, 1.54) is 13.0 Å². The lowest BCUT2D eigenvalue weighted by Gasteiger charge is -2.28. The van der Waals surface area contributed by atoms with Crippen LogP contribution in [0.2, 0.25) is 0 Å². The molecule has 0 amide bonds. The van der Waals surface area contributed by atoms with E-state index in [1.54, 1.807) is 6.07 Å². The van der Waals surface area contributed by atoms with Crippen LogP contribution in [0.5, 0.6) is 0 Å². The number of aliphatic hydroxyl groups is 1. The quantitative estimate of drug-likeness (QED) is 0.840. The van der Waals surface area contributed by atoms with E-state index in [1.807, 2.05) is 0 Å². The van der Waals surface area contributed by atoms with Gasteiger partial charge in [-0.05, 0) is 30.5 Å². The lowest BCUT2D eigenvalue weighted by Crippen LogP contribution is -2.24. The van der Waals surface area contributed by atoms with E-state index < -0.39 is 23.9 Å². The molecular formula is C13H15F3O2. The first-order valence-corrected chi connectivity index (χ1v) is 5.86. The molecule has 5 heteroatoms. The predicted octanol–water partition coefficient (Wildman–Crippen LogP) is 3.23. The van der Waals surface area contributed by atoms with Gasteiger partial charge in [0, 0.05) is 13.0 Å². The molecule has 1 aromatic rings. The second-order valence-electron chi connectivity index (χ2n) is 4.56. The molecule has 2 nitrogen and oxygen atoms in total. The molecule has 1 aromatic carbocycles. The second-order valence-corrected chi connectivity index (χ2v) is 4.56. The Balaban J connectivity index is 2.34. The SMILES string of the molecule is Cc1c(C2CC(O)CCO2)cccc1C(F)(F)F. The minimum atomic E-state index is -4.35. The number of hydrogen-bond acceptors (Lipinski definition) is 2. The van der Waals surface area contributed by atoms with Crippen molar-refractivity contribution in [2.45, 2.75) is 38.1 Å². The van der Waals surface area contributed by atoms with E-state index in [2.05, 4.69) is 0 Å². The van der Waals surface area contributed by atoms with Crippen LogP contribution in [-0.4, -0.2) is 17.8 Å². The summed E-state index contributed by atoms with van der Waals surface area (Å²) in [5.41, 5.74) is 0.0661. The molecule has 1 fully saturated rings. The Morgan fingerprint density at radius 1 is 1.33 bits per heavy atom. The van der Waals surface area contributed by atoms with Gasteiger partial charge in [-0.15, -0.1) is 0 Å². The Morgan fingerprint density at radius 2 is 2.06 bits per heavy atom. The van der Waals surface area contributed by atoms with Gasteiger partial charge in [-0.3, -0.25) is 0 Å². The Kier molecular flexibility index (Phi) is 3.64. The second kappa shape index (κ2) is 4.90. The number of benzene rings is 1. The van der Waals surface area contributed by atoms with Crippen molar-refractivity contribution < 1.29 is 23.0 Å². The fourth-order valence-electron chi connectivity index (χ4n) is 2.31. The summed E-state index contributed by atoms with van der Waals surface area (Å²) in [6.45, 7) is 1.82. The maximum atomic E-state index is 12.8. The highest BCUT2D eigenvalue weighted by atomic mass is 19.4. The van der Waals surface area contributed by atoms with E-state index in [9.17, 15) is 18.3 Å². The van der Waals surface area contributed by atoms with Crippen LogP contribution in [0.4, 0.5) is 13.2 Å². The van der Waals surface area contributed by atoms with Crippen LogP contribution in [-0.2, 0) is 10.9 Å². The van der Waals surface area contributed by atoms with Crippen LogP contribution < -0.4 is 0 Å². The molecular weight excluding hydrogens is 245 g/mol. The summed E-state index contributed by atoms with van der Waals surface area (Å²) in [5, 5.41) is 9.56. The molecule has 2 unspecified atom stereocenters. The summed E-state index contributed by atoms with van der Waals surface area (Å²) < 4.78 is 43.8. The highest BCUT2D eigenvalue weighted by Crippen LogP contribution is 2.37. The zero-order valence-electron chi connectivity index (χ0n) is 10.00. The van der Waals surface area contributed by atoms with Gasteiger partial charge in [0.1, 0.15) is 0 Å². The van der Waals surface area contributed by atoms with Crippen molar-refractivity contribution in [3.63, 3.8) is 0 Å². The Morgan fingerprint density at radius 3 is 2.67 bits per heavy atom. The average Bonchev–Trinajstić information content (AvgIpc) is 2.27. The monoisotopic (exact) mass is 260 g/mol. The molecule has 0 aromatic heterocycles. The molecule has 0 bridgehead atoms. The van der Waals surface area contributed by atoms with E-state index >= 15 is 0 Å². The van der Waals surface area contributed by atoms with E-state index in [4.69, 9.17) is 4.74 Å². The van der Waals surface area contributed by atoms with Gasteiger partial charge in [-0.25, -0.2) is 0 Å². The average molecular weight is 260 g/mol. The summed E-state index contributed by atoms with van der Waals surface area (Å²) in [4.78, 5) is 0. The molecule has 18 heavy (non-hydrogen) atoms. The van der Waals surface area contributed by atoms with Gasteiger partial charge < -0.3 is 9.84 Å². The third-order valence-electron chi connectivity index (χ3n) is 3.28. The van der Waals surface area contributed by atoms with Crippen LogP contribution >= 0.6 is 0 Å². The topological polar surface area (TPSA) is 29.5 Å². The fourth-order valence-corrected chi connectivity index (χ4v) is 2.31. The lowest BCUT2D eigenvalue weighted by atomic mass is 9.93. The maximum absolute atomic E-state index is 12.8. The third kappa shape index (κ3) is 2.67. The number of aliphatic hydroxyl groups excluding tert-OH is 1. The van der Waals surface area contributed by atoms with Crippen LogP contribution in [0, 0.1) is 6.92 Å². The first-order valence-electron chi connectivity index (χ1n) is 5.86. The first-order chi connectivity index (χ1) is 8.39.